The Hall–Kier alpha value is -1.95. The number of amides is 1. The summed E-state index contributed by atoms with van der Waals surface area (Å²) >= 11 is 0. The van der Waals surface area contributed by atoms with Crippen LogP contribution < -0.4 is 0 Å². The molecule has 0 spiro atoms. The standard InChI is InChI=1S/C13H16N2O4/c1-13(19)4-6-15(7-5-13)11(16)9-2-3-10(12(17)18)14-8-9/h2-3,8,19H,4-7H2,1H3,(H,17,18). The predicted molar refractivity (Wildman–Crippen MR) is 67.0 cm³/mol. The molecule has 0 saturated carbocycles. The van der Waals surface area contributed by atoms with Crippen LogP contribution in [0, 0.1) is 0 Å². The monoisotopic (exact) mass is 264 g/mol. The van der Waals surface area contributed by atoms with Crippen LogP contribution in [0.3, 0.4) is 0 Å². The van der Waals surface area contributed by atoms with E-state index >= 15 is 0 Å². The van der Waals surface area contributed by atoms with E-state index < -0.39 is 11.6 Å². The molecule has 1 saturated heterocycles. The first kappa shape index (κ1) is 13.5. The first-order valence-electron chi connectivity index (χ1n) is 6.10. The van der Waals surface area contributed by atoms with Crippen LogP contribution in [0.1, 0.15) is 40.6 Å². The van der Waals surface area contributed by atoms with Crippen LogP contribution in [0.15, 0.2) is 18.3 Å². The molecule has 6 heteroatoms. The van der Waals surface area contributed by atoms with Crippen LogP contribution in [0.2, 0.25) is 0 Å². The van der Waals surface area contributed by atoms with Crippen LogP contribution >= 0.6 is 0 Å². The third-order valence-corrected chi connectivity index (χ3v) is 3.36. The Morgan fingerprint density at radius 2 is 1.95 bits per heavy atom. The van der Waals surface area contributed by atoms with Crippen LogP contribution in [0.4, 0.5) is 0 Å². The van der Waals surface area contributed by atoms with E-state index in [4.69, 9.17) is 5.11 Å². The number of rotatable bonds is 2. The highest BCUT2D eigenvalue weighted by Gasteiger charge is 2.30. The van der Waals surface area contributed by atoms with Crippen molar-refractivity contribution >= 4 is 11.9 Å². The molecule has 1 aliphatic rings. The summed E-state index contributed by atoms with van der Waals surface area (Å²) in [5.74, 6) is -1.30. The molecular weight excluding hydrogens is 248 g/mol. The lowest BCUT2D eigenvalue weighted by atomic mass is 9.93. The fourth-order valence-corrected chi connectivity index (χ4v) is 2.02. The Bertz CT molecular complexity index is 486. The lowest BCUT2D eigenvalue weighted by Gasteiger charge is -2.35. The summed E-state index contributed by atoms with van der Waals surface area (Å²) in [7, 11) is 0. The van der Waals surface area contributed by atoms with Gasteiger partial charge in [-0.1, -0.05) is 0 Å². The number of likely N-dealkylation sites (tertiary alicyclic amines) is 1. The number of carbonyl (C=O) groups is 2. The number of carboxylic acid groups (broad SMARTS) is 1. The molecule has 0 unspecified atom stereocenters. The summed E-state index contributed by atoms with van der Waals surface area (Å²) in [6.45, 7) is 2.75. The van der Waals surface area contributed by atoms with Crippen molar-refractivity contribution in [1.29, 1.82) is 0 Å². The van der Waals surface area contributed by atoms with Gasteiger partial charge in [-0.25, -0.2) is 9.78 Å². The van der Waals surface area contributed by atoms with E-state index in [1.807, 2.05) is 0 Å². The molecule has 0 radical (unpaired) electrons. The summed E-state index contributed by atoms with van der Waals surface area (Å²) in [4.78, 5) is 28.2. The first-order valence-corrected chi connectivity index (χ1v) is 6.10. The van der Waals surface area contributed by atoms with E-state index in [9.17, 15) is 14.7 Å². The molecule has 1 aromatic heterocycles. The quantitative estimate of drug-likeness (QED) is 0.823. The topological polar surface area (TPSA) is 90.7 Å². The van der Waals surface area contributed by atoms with Crippen molar-refractivity contribution in [2.75, 3.05) is 13.1 Å². The summed E-state index contributed by atoms with van der Waals surface area (Å²) < 4.78 is 0. The zero-order chi connectivity index (χ0) is 14.0. The van der Waals surface area contributed by atoms with Gasteiger partial charge in [-0.3, -0.25) is 4.79 Å². The Morgan fingerprint density at radius 3 is 2.42 bits per heavy atom. The summed E-state index contributed by atoms with van der Waals surface area (Å²) in [5.41, 5.74) is -0.424. The Labute approximate surface area is 110 Å². The minimum absolute atomic E-state index is 0.0851. The summed E-state index contributed by atoms with van der Waals surface area (Å²) in [5, 5.41) is 18.6. The molecule has 1 aromatic rings. The molecule has 0 aliphatic carbocycles. The van der Waals surface area contributed by atoms with Crippen LogP contribution in [-0.2, 0) is 0 Å². The van der Waals surface area contributed by atoms with E-state index in [0.29, 0.717) is 31.5 Å². The average Bonchev–Trinajstić information content (AvgIpc) is 2.38. The fraction of sp³-hybridized carbons (Fsp3) is 0.462. The fourth-order valence-electron chi connectivity index (χ4n) is 2.02. The highest BCUT2D eigenvalue weighted by Crippen LogP contribution is 2.22. The number of carboxylic acids is 1. The highest BCUT2D eigenvalue weighted by atomic mass is 16.4. The van der Waals surface area contributed by atoms with Gasteiger partial charge < -0.3 is 15.1 Å². The number of hydrogen-bond donors (Lipinski definition) is 2. The Morgan fingerprint density at radius 1 is 1.32 bits per heavy atom. The van der Waals surface area contributed by atoms with E-state index in [1.165, 1.54) is 18.3 Å². The van der Waals surface area contributed by atoms with Gasteiger partial charge in [0.1, 0.15) is 5.69 Å². The molecule has 0 atom stereocenters. The summed E-state index contributed by atoms with van der Waals surface area (Å²) in [6, 6.07) is 2.78. The van der Waals surface area contributed by atoms with Gasteiger partial charge in [0, 0.05) is 19.3 Å². The number of nitrogens with zero attached hydrogens (tertiary/aromatic N) is 2. The molecule has 2 N–H and O–H groups in total. The molecule has 1 fully saturated rings. The number of hydrogen-bond acceptors (Lipinski definition) is 4. The van der Waals surface area contributed by atoms with E-state index in [-0.39, 0.29) is 11.6 Å². The zero-order valence-corrected chi connectivity index (χ0v) is 10.7. The second kappa shape index (κ2) is 4.97. The molecule has 1 amide bonds. The number of piperidine rings is 1. The van der Waals surface area contributed by atoms with Crippen molar-refractivity contribution in [3.63, 3.8) is 0 Å². The second-order valence-electron chi connectivity index (χ2n) is 5.03. The van der Waals surface area contributed by atoms with Crippen LogP contribution in [-0.4, -0.2) is 50.7 Å². The molecule has 0 bridgehead atoms. The van der Waals surface area contributed by atoms with E-state index in [0.717, 1.165) is 0 Å². The maximum atomic E-state index is 12.1. The first-order chi connectivity index (χ1) is 8.89. The molecule has 0 aromatic carbocycles. The average molecular weight is 264 g/mol. The zero-order valence-electron chi connectivity index (χ0n) is 10.7. The number of pyridine rings is 1. The molecule has 2 rings (SSSR count). The highest BCUT2D eigenvalue weighted by molar-refractivity contribution is 5.95. The normalized spacial score (nSPS) is 18.1. The van der Waals surface area contributed by atoms with Crippen molar-refractivity contribution in [3.8, 4) is 0 Å². The van der Waals surface area contributed by atoms with Gasteiger partial charge in [0.15, 0.2) is 0 Å². The number of aromatic carboxylic acids is 1. The van der Waals surface area contributed by atoms with Gasteiger partial charge in [-0.2, -0.15) is 0 Å². The molecule has 1 aliphatic heterocycles. The van der Waals surface area contributed by atoms with Crippen molar-refractivity contribution in [2.24, 2.45) is 0 Å². The van der Waals surface area contributed by atoms with Gasteiger partial charge in [0.05, 0.1) is 11.2 Å². The molecule has 6 nitrogen and oxygen atoms in total. The van der Waals surface area contributed by atoms with Crippen molar-refractivity contribution in [2.45, 2.75) is 25.4 Å². The summed E-state index contributed by atoms with van der Waals surface area (Å²) in [6.07, 6.45) is 2.36. The largest absolute Gasteiger partial charge is 0.477 e. The second-order valence-corrected chi connectivity index (χ2v) is 5.03. The number of carbonyl (C=O) groups excluding carboxylic acids is 1. The number of aromatic nitrogens is 1. The maximum Gasteiger partial charge on any atom is 0.354 e. The maximum absolute atomic E-state index is 12.1. The molecule has 19 heavy (non-hydrogen) atoms. The van der Waals surface area contributed by atoms with Crippen molar-refractivity contribution in [1.82, 2.24) is 9.88 Å². The lowest BCUT2D eigenvalue weighted by molar-refractivity contribution is -0.00205. The minimum Gasteiger partial charge on any atom is -0.477 e. The van der Waals surface area contributed by atoms with Crippen molar-refractivity contribution in [3.05, 3.63) is 29.6 Å². The SMILES string of the molecule is CC1(O)CCN(C(=O)c2ccc(C(=O)O)nc2)CC1. The molecule has 102 valence electrons. The van der Waals surface area contributed by atoms with E-state index in [2.05, 4.69) is 4.98 Å². The third-order valence-electron chi connectivity index (χ3n) is 3.36. The Balaban J connectivity index is 2.06. The van der Waals surface area contributed by atoms with Crippen molar-refractivity contribution < 1.29 is 19.8 Å². The molecule has 2 heterocycles. The van der Waals surface area contributed by atoms with Crippen LogP contribution in [0.5, 0.6) is 0 Å². The van der Waals surface area contributed by atoms with Gasteiger partial charge in [0.25, 0.3) is 5.91 Å². The Kier molecular flexibility index (Phi) is 3.53. The van der Waals surface area contributed by atoms with Gasteiger partial charge in [-0.15, -0.1) is 0 Å². The van der Waals surface area contributed by atoms with E-state index in [1.54, 1.807) is 11.8 Å². The van der Waals surface area contributed by atoms with Crippen LogP contribution in [0.25, 0.3) is 0 Å². The number of aliphatic hydroxyl groups is 1. The van der Waals surface area contributed by atoms with Gasteiger partial charge in [0.2, 0.25) is 0 Å². The third kappa shape index (κ3) is 3.08. The predicted octanol–water partition coefficient (Wildman–Crippen LogP) is 0.767. The smallest absolute Gasteiger partial charge is 0.354 e. The van der Waals surface area contributed by atoms with Gasteiger partial charge in [-0.05, 0) is 31.9 Å². The van der Waals surface area contributed by atoms with Gasteiger partial charge >= 0.3 is 5.97 Å². The lowest BCUT2D eigenvalue weighted by Crippen LogP contribution is -2.45. The molecular formula is C13H16N2O4. The minimum atomic E-state index is -1.12.